The summed E-state index contributed by atoms with van der Waals surface area (Å²) >= 11 is 0. The zero-order valence-electron chi connectivity index (χ0n) is 16.3. The number of likely N-dealkylation sites (tertiary alicyclic amines) is 1. The first-order valence-corrected chi connectivity index (χ1v) is 9.63. The lowest BCUT2D eigenvalue weighted by Crippen LogP contribution is -2.24. The molecule has 2 heterocycles. The SMILES string of the molecule is CN(C)c1ccc(CN2CC(O)CC2c2nc(Cc3ccccc3)no2)cc1. The van der Waals surface area contributed by atoms with Crippen LogP contribution in [0.1, 0.15) is 35.3 Å². The third-order valence-electron chi connectivity index (χ3n) is 5.19. The quantitative estimate of drug-likeness (QED) is 0.711. The van der Waals surface area contributed by atoms with E-state index < -0.39 is 0 Å². The fraction of sp³-hybridized carbons (Fsp3) is 0.364. The summed E-state index contributed by atoms with van der Waals surface area (Å²) < 4.78 is 5.57. The van der Waals surface area contributed by atoms with Gasteiger partial charge in [0.25, 0.3) is 0 Å². The summed E-state index contributed by atoms with van der Waals surface area (Å²) in [5.41, 5.74) is 3.53. The average Bonchev–Trinajstić information content (AvgIpc) is 3.29. The van der Waals surface area contributed by atoms with Gasteiger partial charge in [-0.3, -0.25) is 4.90 Å². The number of aliphatic hydroxyl groups excluding tert-OH is 1. The van der Waals surface area contributed by atoms with E-state index in [4.69, 9.17) is 4.52 Å². The van der Waals surface area contributed by atoms with E-state index in [1.165, 1.54) is 11.3 Å². The predicted molar refractivity (Wildman–Crippen MR) is 108 cm³/mol. The zero-order chi connectivity index (χ0) is 19.5. The van der Waals surface area contributed by atoms with Crippen molar-refractivity contribution in [1.82, 2.24) is 15.0 Å². The molecule has 1 saturated heterocycles. The largest absolute Gasteiger partial charge is 0.392 e. The molecule has 6 heteroatoms. The molecule has 1 aromatic heterocycles. The van der Waals surface area contributed by atoms with Gasteiger partial charge in [-0.1, -0.05) is 47.6 Å². The molecule has 0 amide bonds. The summed E-state index contributed by atoms with van der Waals surface area (Å²) in [6.45, 7) is 1.35. The molecular weight excluding hydrogens is 352 g/mol. The highest BCUT2D eigenvalue weighted by molar-refractivity contribution is 5.46. The van der Waals surface area contributed by atoms with Crippen molar-refractivity contribution < 1.29 is 9.63 Å². The molecule has 0 radical (unpaired) electrons. The van der Waals surface area contributed by atoms with Crippen molar-refractivity contribution in [2.24, 2.45) is 0 Å². The molecule has 2 atom stereocenters. The molecule has 1 aliphatic heterocycles. The minimum absolute atomic E-state index is 0.0550. The Bertz CT molecular complexity index is 892. The van der Waals surface area contributed by atoms with Gasteiger partial charge in [-0.15, -0.1) is 0 Å². The highest BCUT2D eigenvalue weighted by Crippen LogP contribution is 2.33. The molecule has 6 nitrogen and oxygen atoms in total. The number of hydrogen-bond acceptors (Lipinski definition) is 6. The van der Waals surface area contributed by atoms with Crippen LogP contribution in [0.3, 0.4) is 0 Å². The molecule has 0 spiro atoms. The van der Waals surface area contributed by atoms with Crippen LogP contribution in [0.4, 0.5) is 5.69 Å². The first kappa shape index (κ1) is 18.7. The van der Waals surface area contributed by atoms with Gasteiger partial charge in [0.2, 0.25) is 5.89 Å². The third kappa shape index (κ3) is 4.24. The van der Waals surface area contributed by atoms with Crippen LogP contribution in [-0.4, -0.2) is 46.9 Å². The Hall–Kier alpha value is -2.70. The van der Waals surface area contributed by atoms with E-state index >= 15 is 0 Å². The third-order valence-corrected chi connectivity index (χ3v) is 5.19. The maximum absolute atomic E-state index is 10.2. The van der Waals surface area contributed by atoms with Crippen molar-refractivity contribution in [3.63, 3.8) is 0 Å². The number of anilines is 1. The van der Waals surface area contributed by atoms with Crippen molar-refractivity contribution >= 4 is 5.69 Å². The summed E-state index contributed by atoms with van der Waals surface area (Å²) in [7, 11) is 4.06. The van der Waals surface area contributed by atoms with Crippen molar-refractivity contribution in [1.29, 1.82) is 0 Å². The fourth-order valence-electron chi connectivity index (χ4n) is 3.70. The molecule has 0 bridgehead atoms. The fourth-order valence-corrected chi connectivity index (χ4v) is 3.70. The van der Waals surface area contributed by atoms with E-state index in [2.05, 4.69) is 56.3 Å². The number of aromatic nitrogens is 2. The Morgan fingerprint density at radius 2 is 1.82 bits per heavy atom. The zero-order valence-corrected chi connectivity index (χ0v) is 16.3. The van der Waals surface area contributed by atoms with Crippen molar-refractivity contribution in [2.45, 2.75) is 31.5 Å². The minimum atomic E-state index is -0.379. The van der Waals surface area contributed by atoms with Gasteiger partial charge in [0.1, 0.15) is 0 Å². The van der Waals surface area contributed by atoms with Gasteiger partial charge in [-0.2, -0.15) is 4.98 Å². The van der Waals surface area contributed by atoms with Gasteiger partial charge >= 0.3 is 0 Å². The highest BCUT2D eigenvalue weighted by Gasteiger charge is 2.35. The first-order valence-electron chi connectivity index (χ1n) is 9.63. The molecule has 1 aliphatic rings. The molecule has 2 unspecified atom stereocenters. The van der Waals surface area contributed by atoms with Gasteiger partial charge < -0.3 is 14.5 Å². The number of aliphatic hydroxyl groups is 1. The van der Waals surface area contributed by atoms with E-state index in [0.717, 1.165) is 12.1 Å². The van der Waals surface area contributed by atoms with Crippen LogP contribution in [0.15, 0.2) is 59.1 Å². The Balaban J connectivity index is 1.47. The number of nitrogens with zero attached hydrogens (tertiary/aromatic N) is 4. The highest BCUT2D eigenvalue weighted by atomic mass is 16.5. The molecule has 3 aromatic rings. The second-order valence-electron chi connectivity index (χ2n) is 7.61. The standard InChI is InChI=1S/C22H26N4O2/c1-25(2)18-10-8-17(9-11-18)14-26-15-19(27)13-20(26)22-23-21(24-28-22)12-16-6-4-3-5-7-16/h3-11,19-20,27H,12-15H2,1-2H3. The van der Waals surface area contributed by atoms with Crippen molar-refractivity contribution in [3.05, 3.63) is 77.4 Å². The minimum Gasteiger partial charge on any atom is -0.392 e. The van der Waals surface area contributed by atoms with Crippen molar-refractivity contribution in [2.75, 3.05) is 25.5 Å². The molecule has 146 valence electrons. The Morgan fingerprint density at radius 3 is 2.54 bits per heavy atom. The Kier molecular flexibility index (Phi) is 5.41. The van der Waals surface area contributed by atoms with Crippen LogP contribution in [-0.2, 0) is 13.0 Å². The first-order chi connectivity index (χ1) is 13.6. The molecule has 28 heavy (non-hydrogen) atoms. The van der Waals surface area contributed by atoms with E-state index in [1.54, 1.807) is 0 Å². The molecule has 1 fully saturated rings. The summed E-state index contributed by atoms with van der Waals surface area (Å²) in [5.74, 6) is 1.27. The van der Waals surface area contributed by atoms with Crippen LogP contribution in [0, 0.1) is 0 Å². The van der Waals surface area contributed by atoms with Gasteiger partial charge in [-0.25, -0.2) is 0 Å². The van der Waals surface area contributed by atoms with Gasteiger partial charge in [0, 0.05) is 39.3 Å². The molecule has 0 saturated carbocycles. The second-order valence-corrected chi connectivity index (χ2v) is 7.61. The van der Waals surface area contributed by atoms with E-state index in [0.29, 0.717) is 31.1 Å². The number of rotatable bonds is 6. The van der Waals surface area contributed by atoms with E-state index in [1.807, 2.05) is 32.3 Å². The lowest BCUT2D eigenvalue weighted by atomic mass is 10.1. The van der Waals surface area contributed by atoms with Crippen LogP contribution in [0.25, 0.3) is 0 Å². The van der Waals surface area contributed by atoms with Crippen LogP contribution in [0.2, 0.25) is 0 Å². The molecular formula is C22H26N4O2. The van der Waals surface area contributed by atoms with Crippen LogP contribution < -0.4 is 4.90 Å². The van der Waals surface area contributed by atoms with Crippen molar-refractivity contribution in [3.8, 4) is 0 Å². The Morgan fingerprint density at radius 1 is 1.07 bits per heavy atom. The maximum Gasteiger partial charge on any atom is 0.244 e. The van der Waals surface area contributed by atoms with Crippen LogP contribution >= 0.6 is 0 Å². The topological polar surface area (TPSA) is 65.6 Å². The molecule has 1 N–H and O–H groups in total. The summed E-state index contributed by atoms with van der Waals surface area (Å²) in [6.07, 6.45) is 0.879. The predicted octanol–water partition coefficient (Wildman–Crippen LogP) is 3.03. The number of hydrogen-bond donors (Lipinski definition) is 1. The monoisotopic (exact) mass is 378 g/mol. The Labute approximate surface area is 165 Å². The van der Waals surface area contributed by atoms with E-state index in [-0.39, 0.29) is 12.1 Å². The van der Waals surface area contributed by atoms with Gasteiger partial charge in [-0.05, 0) is 29.7 Å². The summed E-state index contributed by atoms with van der Waals surface area (Å²) in [5, 5.41) is 14.4. The van der Waals surface area contributed by atoms with Gasteiger partial charge in [0.05, 0.1) is 12.1 Å². The summed E-state index contributed by atoms with van der Waals surface area (Å²) in [6, 6.07) is 18.5. The number of benzene rings is 2. The normalized spacial score (nSPS) is 19.8. The molecule has 4 rings (SSSR count). The van der Waals surface area contributed by atoms with Crippen LogP contribution in [0.5, 0.6) is 0 Å². The molecule has 2 aromatic carbocycles. The average molecular weight is 378 g/mol. The van der Waals surface area contributed by atoms with E-state index in [9.17, 15) is 5.11 Å². The summed E-state index contributed by atoms with van der Waals surface area (Å²) in [4.78, 5) is 8.91. The lowest BCUT2D eigenvalue weighted by molar-refractivity contribution is 0.169. The number of β-amino-alcohol motifs (C(OH)–C–C–N with tert-alkyl or cyclic N) is 1. The maximum atomic E-state index is 10.2. The smallest absolute Gasteiger partial charge is 0.244 e. The lowest BCUT2D eigenvalue weighted by Gasteiger charge is -2.21. The van der Waals surface area contributed by atoms with Gasteiger partial charge in [0.15, 0.2) is 5.82 Å². The molecule has 0 aliphatic carbocycles. The second kappa shape index (κ2) is 8.12.